The zero-order chi connectivity index (χ0) is 15.9. The van der Waals surface area contributed by atoms with Crippen LogP contribution >= 0.6 is 11.6 Å². The van der Waals surface area contributed by atoms with E-state index < -0.39 is 0 Å². The van der Waals surface area contributed by atoms with Crippen LogP contribution in [0.4, 0.5) is 4.79 Å². The van der Waals surface area contributed by atoms with Crippen LogP contribution in [-0.2, 0) is 9.53 Å². The third-order valence-electron chi connectivity index (χ3n) is 3.46. The Morgan fingerprint density at radius 1 is 1.09 bits per heavy atom. The summed E-state index contributed by atoms with van der Waals surface area (Å²) in [6.45, 7) is 2.13. The van der Waals surface area contributed by atoms with E-state index in [1.807, 2.05) is 0 Å². The number of amides is 2. The van der Waals surface area contributed by atoms with Gasteiger partial charge in [0.2, 0.25) is 0 Å². The quantitative estimate of drug-likeness (QED) is 0.852. The Balaban J connectivity index is 1.82. The van der Waals surface area contributed by atoms with Crippen molar-refractivity contribution in [2.45, 2.75) is 6.42 Å². The van der Waals surface area contributed by atoms with Crippen LogP contribution in [0.3, 0.4) is 0 Å². The second-order valence-corrected chi connectivity index (χ2v) is 5.37. The van der Waals surface area contributed by atoms with Gasteiger partial charge in [-0.2, -0.15) is 0 Å². The molecule has 6 nitrogen and oxygen atoms in total. The van der Waals surface area contributed by atoms with Crippen molar-refractivity contribution >= 4 is 23.6 Å². The number of rotatable bonds is 3. The fourth-order valence-corrected chi connectivity index (χ4v) is 2.37. The van der Waals surface area contributed by atoms with E-state index in [0.717, 1.165) is 6.42 Å². The molecule has 1 saturated heterocycles. The molecule has 0 atom stereocenters. The second kappa shape index (κ2) is 7.89. The third-order valence-corrected chi connectivity index (χ3v) is 3.71. The molecule has 1 fully saturated rings. The average molecular weight is 327 g/mol. The van der Waals surface area contributed by atoms with Gasteiger partial charge in [-0.1, -0.05) is 11.6 Å². The fraction of sp³-hybridized carbons (Fsp3) is 0.467. The van der Waals surface area contributed by atoms with Crippen molar-refractivity contribution in [3.63, 3.8) is 0 Å². The normalized spacial score (nSPS) is 15.2. The summed E-state index contributed by atoms with van der Waals surface area (Å²) in [5, 5.41) is 0.620. The molecular weight excluding hydrogens is 308 g/mol. The number of ether oxygens (including phenoxy) is 2. The van der Waals surface area contributed by atoms with E-state index in [0.29, 0.717) is 37.0 Å². The summed E-state index contributed by atoms with van der Waals surface area (Å²) in [6.07, 6.45) is 0.369. The highest BCUT2D eigenvalue weighted by Crippen LogP contribution is 2.15. The lowest BCUT2D eigenvalue weighted by Gasteiger charge is -2.21. The van der Waals surface area contributed by atoms with Gasteiger partial charge in [-0.25, -0.2) is 4.79 Å². The lowest BCUT2D eigenvalue weighted by molar-refractivity contribution is -0.133. The Bertz CT molecular complexity index is 521. The van der Waals surface area contributed by atoms with Crippen molar-refractivity contribution in [3.8, 4) is 5.75 Å². The summed E-state index contributed by atoms with van der Waals surface area (Å²) in [5.74, 6) is 0.505. The first-order chi connectivity index (χ1) is 10.6. The Hall–Kier alpha value is -1.95. The van der Waals surface area contributed by atoms with Crippen LogP contribution in [0.15, 0.2) is 24.3 Å². The van der Waals surface area contributed by atoms with Gasteiger partial charge in [0.1, 0.15) is 5.75 Å². The maximum atomic E-state index is 12.2. The van der Waals surface area contributed by atoms with Gasteiger partial charge in [0.25, 0.3) is 5.91 Å². The van der Waals surface area contributed by atoms with Crippen molar-refractivity contribution in [2.75, 3.05) is 39.9 Å². The second-order valence-electron chi connectivity index (χ2n) is 4.93. The zero-order valence-electron chi connectivity index (χ0n) is 12.5. The summed E-state index contributed by atoms with van der Waals surface area (Å²) < 4.78 is 10.2. The molecule has 0 bridgehead atoms. The summed E-state index contributed by atoms with van der Waals surface area (Å²) in [6, 6.07) is 6.86. The molecule has 7 heteroatoms. The van der Waals surface area contributed by atoms with Crippen LogP contribution < -0.4 is 4.74 Å². The monoisotopic (exact) mass is 326 g/mol. The maximum absolute atomic E-state index is 12.2. The van der Waals surface area contributed by atoms with Gasteiger partial charge in [-0.3, -0.25) is 4.79 Å². The van der Waals surface area contributed by atoms with E-state index in [-0.39, 0.29) is 18.6 Å². The van der Waals surface area contributed by atoms with Gasteiger partial charge in [-0.05, 0) is 30.7 Å². The minimum atomic E-state index is -0.355. The molecular formula is C15H19ClN2O4. The lowest BCUT2D eigenvalue weighted by atomic mass is 10.3. The average Bonchev–Trinajstić information content (AvgIpc) is 2.79. The van der Waals surface area contributed by atoms with Gasteiger partial charge in [-0.15, -0.1) is 0 Å². The Labute approximate surface area is 134 Å². The molecule has 22 heavy (non-hydrogen) atoms. The first kappa shape index (κ1) is 16.4. The van der Waals surface area contributed by atoms with Crippen LogP contribution in [0.1, 0.15) is 6.42 Å². The van der Waals surface area contributed by atoms with Crippen molar-refractivity contribution in [1.82, 2.24) is 9.80 Å². The number of carbonyl (C=O) groups excluding carboxylic acids is 2. The number of hydrogen-bond acceptors (Lipinski definition) is 4. The number of hydrogen-bond donors (Lipinski definition) is 0. The predicted molar refractivity (Wildman–Crippen MR) is 82.1 cm³/mol. The molecule has 0 N–H and O–H groups in total. The lowest BCUT2D eigenvalue weighted by Crippen LogP contribution is -2.39. The third kappa shape index (κ3) is 4.53. The van der Waals surface area contributed by atoms with Gasteiger partial charge >= 0.3 is 6.09 Å². The van der Waals surface area contributed by atoms with Gasteiger partial charge < -0.3 is 19.3 Å². The van der Waals surface area contributed by atoms with E-state index in [1.165, 1.54) is 7.11 Å². The van der Waals surface area contributed by atoms with E-state index in [9.17, 15) is 9.59 Å². The maximum Gasteiger partial charge on any atom is 0.409 e. The number of methoxy groups -OCH3 is 1. The Morgan fingerprint density at radius 3 is 2.41 bits per heavy atom. The molecule has 2 rings (SSSR count). The highest BCUT2D eigenvalue weighted by atomic mass is 35.5. The highest BCUT2D eigenvalue weighted by molar-refractivity contribution is 6.30. The van der Waals surface area contributed by atoms with Gasteiger partial charge in [0.05, 0.1) is 7.11 Å². The molecule has 1 aromatic rings. The number of carbonyl (C=O) groups is 2. The van der Waals surface area contributed by atoms with Gasteiger partial charge in [0, 0.05) is 31.2 Å². The van der Waals surface area contributed by atoms with Crippen molar-refractivity contribution in [2.24, 2.45) is 0 Å². The number of halogens is 1. The summed E-state index contributed by atoms with van der Waals surface area (Å²) in [7, 11) is 1.36. The molecule has 0 saturated carbocycles. The smallest absolute Gasteiger partial charge is 0.409 e. The molecule has 2 amide bonds. The van der Waals surface area contributed by atoms with Crippen LogP contribution in [0.25, 0.3) is 0 Å². The first-order valence-corrected chi connectivity index (χ1v) is 7.47. The largest absolute Gasteiger partial charge is 0.484 e. The molecule has 1 heterocycles. The molecule has 0 unspecified atom stereocenters. The predicted octanol–water partition coefficient (Wildman–Crippen LogP) is 2.02. The molecule has 0 aromatic heterocycles. The Morgan fingerprint density at radius 2 is 1.73 bits per heavy atom. The molecule has 0 radical (unpaired) electrons. The number of nitrogens with zero attached hydrogens (tertiary/aromatic N) is 2. The van der Waals surface area contributed by atoms with E-state index in [1.54, 1.807) is 34.1 Å². The standard InChI is InChI=1S/C15H19ClN2O4/c1-21-15(20)18-8-2-7-17(9-10-18)14(19)11-22-13-5-3-12(16)4-6-13/h3-6H,2,7-11H2,1H3. The number of benzene rings is 1. The van der Waals surface area contributed by atoms with Crippen LogP contribution in [0, 0.1) is 0 Å². The van der Waals surface area contributed by atoms with Crippen molar-refractivity contribution in [3.05, 3.63) is 29.3 Å². The van der Waals surface area contributed by atoms with E-state index >= 15 is 0 Å². The van der Waals surface area contributed by atoms with Crippen molar-refractivity contribution < 1.29 is 19.1 Å². The molecule has 1 aliphatic heterocycles. The minimum absolute atomic E-state index is 0.0279. The van der Waals surface area contributed by atoms with Gasteiger partial charge in [0.15, 0.2) is 6.61 Å². The molecule has 0 aliphatic carbocycles. The zero-order valence-corrected chi connectivity index (χ0v) is 13.2. The SMILES string of the molecule is COC(=O)N1CCCN(C(=O)COc2ccc(Cl)cc2)CC1. The Kier molecular flexibility index (Phi) is 5.89. The van der Waals surface area contributed by atoms with E-state index in [2.05, 4.69) is 0 Å². The first-order valence-electron chi connectivity index (χ1n) is 7.09. The topological polar surface area (TPSA) is 59.1 Å². The summed E-state index contributed by atoms with van der Waals surface area (Å²) >= 11 is 5.79. The van der Waals surface area contributed by atoms with Crippen LogP contribution in [0.2, 0.25) is 5.02 Å². The molecule has 120 valence electrons. The van der Waals surface area contributed by atoms with Crippen LogP contribution in [-0.4, -0.2) is 61.7 Å². The van der Waals surface area contributed by atoms with Crippen molar-refractivity contribution in [1.29, 1.82) is 0 Å². The summed E-state index contributed by atoms with van der Waals surface area (Å²) in [5.41, 5.74) is 0. The molecule has 1 aromatic carbocycles. The van der Waals surface area contributed by atoms with Crippen LogP contribution in [0.5, 0.6) is 5.75 Å². The fourth-order valence-electron chi connectivity index (χ4n) is 2.25. The minimum Gasteiger partial charge on any atom is -0.484 e. The highest BCUT2D eigenvalue weighted by Gasteiger charge is 2.22. The molecule has 0 spiro atoms. The summed E-state index contributed by atoms with van der Waals surface area (Å²) in [4.78, 5) is 27.0. The van der Waals surface area contributed by atoms with E-state index in [4.69, 9.17) is 21.1 Å². The molecule has 1 aliphatic rings.